The Morgan fingerprint density at radius 3 is 2.55 bits per heavy atom. The molecule has 118 valence electrons. The van der Waals surface area contributed by atoms with Gasteiger partial charge in [-0.2, -0.15) is 5.26 Å². The number of Topliss-reactive ketones (excluding diaryl/α,β-unsaturated/α-hetero) is 1. The Morgan fingerprint density at radius 2 is 2.09 bits per heavy atom. The molecule has 0 radical (unpaired) electrons. The number of nitrogens with zero attached hydrogens (tertiary/aromatic N) is 2. The van der Waals surface area contributed by atoms with E-state index >= 15 is 0 Å². The maximum atomic E-state index is 12.7. The molecule has 1 aromatic rings. The molecule has 2 heterocycles. The van der Waals surface area contributed by atoms with Crippen molar-refractivity contribution in [3.63, 3.8) is 0 Å². The van der Waals surface area contributed by atoms with Gasteiger partial charge in [-0.1, -0.05) is 13.8 Å². The molecule has 0 spiro atoms. The van der Waals surface area contributed by atoms with Crippen LogP contribution in [0.15, 0.2) is 6.20 Å². The SMILES string of the molecule is CCC(=O)[C@@]1(CC)CC(=O)Nc2c1c(C#N)cn2C(C)(C)C. The molecule has 0 aliphatic carbocycles. The first-order valence-corrected chi connectivity index (χ1v) is 7.70. The van der Waals surface area contributed by atoms with Gasteiger partial charge in [0.15, 0.2) is 0 Å². The summed E-state index contributed by atoms with van der Waals surface area (Å²) in [6.45, 7) is 9.73. The number of nitrogens with one attached hydrogen (secondary N) is 1. The number of nitriles is 1. The van der Waals surface area contributed by atoms with Gasteiger partial charge in [0.2, 0.25) is 5.91 Å². The molecule has 5 heteroatoms. The van der Waals surface area contributed by atoms with Gasteiger partial charge < -0.3 is 9.88 Å². The molecule has 1 aliphatic rings. The summed E-state index contributed by atoms with van der Waals surface area (Å²) >= 11 is 0. The third kappa shape index (κ3) is 2.23. The first-order valence-electron chi connectivity index (χ1n) is 7.70. The van der Waals surface area contributed by atoms with E-state index < -0.39 is 5.41 Å². The second kappa shape index (κ2) is 5.28. The number of hydrogen-bond acceptors (Lipinski definition) is 3. The zero-order valence-corrected chi connectivity index (χ0v) is 13.9. The minimum Gasteiger partial charge on any atom is -0.328 e. The van der Waals surface area contributed by atoms with Gasteiger partial charge >= 0.3 is 0 Å². The van der Waals surface area contributed by atoms with Crippen LogP contribution < -0.4 is 5.32 Å². The topological polar surface area (TPSA) is 74.9 Å². The first-order chi connectivity index (χ1) is 10.2. The highest BCUT2D eigenvalue weighted by Gasteiger charge is 2.47. The van der Waals surface area contributed by atoms with Gasteiger partial charge in [-0.05, 0) is 27.2 Å². The third-order valence-corrected chi connectivity index (χ3v) is 4.51. The lowest BCUT2D eigenvalue weighted by Crippen LogP contribution is -2.44. The minimum atomic E-state index is -0.881. The lowest BCUT2D eigenvalue weighted by Gasteiger charge is -2.37. The first kappa shape index (κ1) is 16.3. The van der Waals surface area contributed by atoms with Crippen LogP contribution in [0.3, 0.4) is 0 Å². The van der Waals surface area contributed by atoms with Crippen molar-refractivity contribution in [1.82, 2.24) is 4.57 Å². The molecule has 1 atom stereocenters. The van der Waals surface area contributed by atoms with Gasteiger partial charge in [0.1, 0.15) is 17.7 Å². The third-order valence-electron chi connectivity index (χ3n) is 4.51. The number of carbonyl (C=O) groups excluding carboxylic acids is 2. The Morgan fingerprint density at radius 1 is 1.45 bits per heavy atom. The molecule has 5 nitrogen and oxygen atoms in total. The summed E-state index contributed by atoms with van der Waals surface area (Å²) in [4.78, 5) is 24.9. The van der Waals surface area contributed by atoms with E-state index in [0.717, 1.165) is 0 Å². The summed E-state index contributed by atoms with van der Waals surface area (Å²) in [7, 11) is 0. The fourth-order valence-corrected chi connectivity index (χ4v) is 3.34. The standard InChI is InChI=1S/C17H23N3O2/c1-6-12(21)17(7-2)8-13(22)19-15-14(17)11(9-18)10-20(15)16(3,4)5/h10H,6-8H2,1-5H3,(H,19,22)/t17-/m1/s1. The number of rotatable bonds is 3. The molecule has 1 aromatic heterocycles. The lowest BCUT2D eigenvalue weighted by molar-refractivity contribution is -0.129. The van der Waals surface area contributed by atoms with Crippen LogP contribution in [0.1, 0.15) is 65.0 Å². The fourth-order valence-electron chi connectivity index (χ4n) is 3.34. The Bertz CT molecular complexity index is 673. The molecular formula is C17H23N3O2. The molecule has 1 aliphatic heterocycles. The van der Waals surface area contributed by atoms with Crippen molar-refractivity contribution in [2.45, 2.75) is 64.8 Å². The van der Waals surface area contributed by atoms with Gasteiger partial charge in [-0.15, -0.1) is 0 Å². The smallest absolute Gasteiger partial charge is 0.226 e. The van der Waals surface area contributed by atoms with Gasteiger partial charge in [-0.25, -0.2) is 0 Å². The molecule has 0 unspecified atom stereocenters. The van der Waals surface area contributed by atoms with Crippen molar-refractivity contribution in [2.24, 2.45) is 0 Å². The lowest BCUT2D eigenvalue weighted by atomic mass is 9.69. The number of fused-ring (bicyclic) bond motifs is 1. The van der Waals surface area contributed by atoms with Crippen molar-refractivity contribution < 1.29 is 9.59 Å². The average Bonchev–Trinajstić information content (AvgIpc) is 2.84. The molecule has 2 rings (SSSR count). The minimum absolute atomic E-state index is 0.0225. The van der Waals surface area contributed by atoms with Gasteiger partial charge in [0.25, 0.3) is 0 Å². The highest BCUT2D eigenvalue weighted by molar-refractivity contribution is 6.04. The molecule has 1 amide bonds. The van der Waals surface area contributed by atoms with Crippen molar-refractivity contribution >= 4 is 17.5 Å². The molecule has 1 N–H and O–H groups in total. The number of ketones is 1. The average molecular weight is 301 g/mol. The van der Waals surface area contributed by atoms with Crippen LogP contribution in [-0.4, -0.2) is 16.3 Å². The van der Waals surface area contributed by atoms with Crippen molar-refractivity contribution in [1.29, 1.82) is 5.26 Å². The summed E-state index contributed by atoms with van der Waals surface area (Å²) in [5.74, 6) is 0.461. The van der Waals surface area contributed by atoms with Crippen LogP contribution >= 0.6 is 0 Å². The monoisotopic (exact) mass is 301 g/mol. The molecule has 0 bridgehead atoms. The van der Waals surface area contributed by atoms with E-state index in [4.69, 9.17) is 0 Å². The normalized spacial score (nSPS) is 21.0. The van der Waals surface area contributed by atoms with Gasteiger partial charge in [-0.3, -0.25) is 9.59 Å². The van der Waals surface area contributed by atoms with Crippen LogP contribution in [-0.2, 0) is 20.5 Å². The van der Waals surface area contributed by atoms with Crippen LogP contribution in [0.25, 0.3) is 0 Å². The van der Waals surface area contributed by atoms with E-state index in [1.165, 1.54) is 0 Å². The molecule has 0 saturated heterocycles. The van der Waals surface area contributed by atoms with E-state index in [9.17, 15) is 14.9 Å². The molecule has 0 fully saturated rings. The maximum absolute atomic E-state index is 12.7. The molecular weight excluding hydrogens is 278 g/mol. The van der Waals surface area contributed by atoms with Crippen molar-refractivity contribution in [2.75, 3.05) is 5.32 Å². The quantitative estimate of drug-likeness (QED) is 0.932. The van der Waals surface area contributed by atoms with E-state index in [2.05, 4.69) is 11.4 Å². The fraction of sp³-hybridized carbons (Fsp3) is 0.588. The molecule has 0 saturated carbocycles. The zero-order chi connectivity index (χ0) is 16.7. The summed E-state index contributed by atoms with van der Waals surface area (Å²) in [5, 5.41) is 12.4. The Hall–Kier alpha value is -2.09. The second-order valence-electron chi connectivity index (χ2n) is 6.86. The van der Waals surface area contributed by atoms with E-state index in [1.54, 1.807) is 13.1 Å². The largest absolute Gasteiger partial charge is 0.328 e. The van der Waals surface area contributed by atoms with Crippen LogP contribution in [0.5, 0.6) is 0 Å². The predicted molar refractivity (Wildman–Crippen MR) is 84.7 cm³/mol. The zero-order valence-electron chi connectivity index (χ0n) is 13.9. The van der Waals surface area contributed by atoms with E-state index in [0.29, 0.717) is 29.8 Å². The van der Waals surface area contributed by atoms with Gasteiger partial charge in [0, 0.05) is 30.1 Å². The maximum Gasteiger partial charge on any atom is 0.226 e. The number of anilines is 1. The van der Waals surface area contributed by atoms with Crippen molar-refractivity contribution in [3.8, 4) is 6.07 Å². The molecule has 22 heavy (non-hydrogen) atoms. The van der Waals surface area contributed by atoms with Crippen molar-refractivity contribution in [3.05, 3.63) is 17.3 Å². The van der Waals surface area contributed by atoms with Crippen LogP contribution in [0.2, 0.25) is 0 Å². The number of amides is 1. The number of carbonyl (C=O) groups is 2. The molecule has 0 aromatic carbocycles. The Labute approximate surface area is 131 Å². The van der Waals surface area contributed by atoms with Crippen LogP contribution in [0, 0.1) is 11.3 Å². The van der Waals surface area contributed by atoms with Crippen LogP contribution in [0.4, 0.5) is 5.82 Å². The summed E-state index contributed by atoms with van der Waals surface area (Å²) < 4.78 is 1.89. The van der Waals surface area contributed by atoms with Gasteiger partial charge in [0.05, 0.1) is 11.0 Å². The summed E-state index contributed by atoms with van der Waals surface area (Å²) in [5.41, 5.74) is -0.000516. The predicted octanol–water partition coefficient (Wildman–Crippen LogP) is 3.08. The highest BCUT2D eigenvalue weighted by Crippen LogP contribution is 2.46. The second-order valence-corrected chi connectivity index (χ2v) is 6.86. The number of hydrogen-bond donors (Lipinski definition) is 1. The summed E-state index contributed by atoms with van der Waals surface area (Å²) in [6, 6.07) is 2.21. The van der Waals surface area contributed by atoms with E-state index in [-0.39, 0.29) is 23.7 Å². The highest BCUT2D eigenvalue weighted by atomic mass is 16.2. The Kier molecular flexibility index (Phi) is 3.90. The number of aromatic nitrogens is 1. The summed E-state index contributed by atoms with van der Waals surface area (Å²) in [6.07, 6.45) is 2.74. The Balaban J connectivity index is 2.84. The van der Waals surface area contributed by atoms with E-state index in [1.807, 2.05) is 32.3 Å².